The van der Waals surface area contributed by atoms with Gasteiger partial charge in [0, 0.05) is 12.0 Å². The number of nitrogens with zero attached hydrogens (tertiary/aromatic N) is 2. The van der Waals surface area contributed by atoms with E-state index in [4.69, 9.17) is 5.73 Å². The summed E-state index contributed by atoms with van der Waals surface area (Å²) in [6, 6.07) is 5.01. The maximum atomic E-state index is 13.8. The summed E-state index contributed by atoms with van der Waals surface area (Å²) in [7, 11) is 0. The summed E-state index contributed by atoms with van der Waals surface area (Å²) in [4.78, 5) is 26.8. The number of para-hydroxylation sites is 1. The molecule has 0 saturated heterocycles. The summed E-state index contributed by atoms with van der Waals surface area (Å²) in [5.41, 5.74) is 6.31. The Morgan fingerprint density at radius 1 is 1.27 bits per heavy atom. The van der Waals surface area contributed by atoms with Crippen molar-refractivity contribution in [2.75, 3.05) is 10.2 Å². The van der Waals surface area contributed by atoms with E-state index in [2.05, 4.69) is 5.32 Å². The minimum Gasteiger partial charge on any atom is -0.317 e. The number of halogens is 2. The molecule has 4 rings (SSSR count). The molecule has 0 fully saturated rings. The van der Waals surface area contributed by atoms with Crippen molar-refractivity contribution in [1.29, 1.82) is 0 Å². The molecule has 0 radical (unpaired) electrons. The van der Waals surface area contributed by atoms with Gasteiger partial charge in [-0.15, -0.1) is 0 Å². The molecule has 3 atom stereocenters. The molecule has 0 saturated carbocycles. The van der Waals surface area contributed by atoms with Crippen LogP contribution >= 0.6 is 0 Å². The molecule has 1 aromatic carbocycles. The predicted molar refractivity (Wildman–Crippen MR) is 89.3 cm³/mol. The lowest BCUT2D eigenvalue weighted by Gasteiger charge is -2.30. The van der Waals surface area contributed by atoms with Crippen LogP contribution in [0.3, 0.4) is 0 Å². The summed E-state index contributed by atoms with van der Waals surface area (Å²) in [6.45, 7) is 1.84. The summed E-state index contributed by atoms with van der Waals surface area (Å²) in [5.74, 6) is -2.18. The monoisotopic (exact) mass is 359 g/mol. The first kappa shape index (κ1) is 16.6. The molecule has 3 N–H and O–H groups in total. The van der Waals surface area contributed by atoms with Crippen molar-refractivity contribution in [1.82, 2.24) is 0 Å². The second-order valence-corrected chi connectivity index (χ2v) is 6.54. The van der Waals surface area contributed by atoms with Gasteiger partial charge in [-0.25, -0.2) is 18.1 Å². The third-order valence-electron chi connectivity index (χ3n) is 5.02. The molecule has 0 bridgehead atoms. The van der Waals surface area contributed by atoms with Crippen molar-refractivity contribution >= 4 is 23.3 Å². The normalized spacial score (nSPS) is 23.8. The first-order chi connectivity index (χ1) is 12.4. The number of carbonyl (C=O) groups is 2. The van der Waals surface area contributed by atoms with Crippen LogP contribution in [0, 0.1) is 11.6 Å². The molecule has 0 spiro atoms. The topological polar surface area (TPSA) is 79.3 Å². The fourth-order valence-corrected chi connectivity index (χ4v) is 3.61. The lowest BCUT2D eigenvalue weighted by atomic mass is 10.1. The van der Waals surface area contributed by atoms with Gasteiger partial charge in [0.2, 0.25) is 0 Å². The SMILES string of the molecule is CC1C(N)C(=O)N2c3c(ccc[n+]31)CC2C(=O)Nc1c(F)cccc1F. The zero-order chi connectivity index (χ0) is 18.6. The van der Waals surface area contributed by atoms with Crippen LogP contribution in [0.2, 0.25) is 0 Å². The molecule has 2 aromatic rings. The van der Waals surface area contributed by atoms with Crippen LogP contribution in [0.1, 0.15) is 18.5 Å². The highest BCUT2D eigenvalue weighted by molar-refractivity contribution is 6.08. The number of hydrogen-bond acceptors (Lipinski definition) is 3. The number of amides is 2. The fraction of sp³-hybridized carbons (Fsp3) is 0.278. The van der Waals surface area contributed by atoms with Crippen LogP contribution in [-0.4, -0.2) is 23.9 Å². The van der Waals surface area contributed by atoms with Gasteiger partial charge in [0.05, 0.1) is 6.20 Å². The van der Waals surface area contributed by atoms with Crippen LogP contribution in [0.5, 0.6) is 0 Å². The molecular formula is C18H17F2N4O2+. The van der Waals surface area contributed by atoms with Crippen molar-refractivity contribution in [3.8, 4) is 0 Å². The van der Waals surface area contributed by atoms with E-state index >= 15 is 0 Å². The first-order valence-electron chi connectivity index (χ1n) is 8.26. The van der Waals surface area contributed by atoms with Gasteiger partial charge < -0.3 is 11.1 Å². The minimum atomic E-state index is -0.913. The van der Waals surface area contributed by atoms with Gasteiger partial charge in [0.15, 0.2) is 6.04 Å². The van der Waals surface area contributed by atoms with E-state index in [1.165, 1.54) is 11.0 Å². The highest BCUT2D eigenvalue weighted by Gasteiger charge is 2.54. The van der Waals surface area contributed by atoms with E-state index in [1.807, 2.05) is 23.6 Å². The number of pyridine rings is 1. The van der Waals surface area contributed by atoms with Gasteiger partial charge >= 0.3 is 5.91 Å². The van der Waals surface area contributed by atoms with Crippen molar-refractivity contribution < 1.29 is 22.9 Å². The highest BCUT2D eigenvalue weighted by Crippen LogP contribution is 2.34. The quantitative estimate of drug-likeness (QED) is 0.787. The number of aromatic nitrogens is 1. The third-order valence-corrected chi connectivity index (χ3v) is 5.02. The van der Waals surface area contributed by atoms with E-state index in [1.54, 1.807) is 6.20 Å². The van der Waals surface area contributed by atoms with Gasteiger partial charge in [-0.1, -0.05) is 6.07 Å². The molecule has 2 aliphatic rings. The van der Waals surface area contributed by atoms with Gasteiger partial charge in [0.25, 0.3) is 11.7 Å². The number of nitrogens with one attached hydrogen (secondary N) is 1. The highest BCUT2D eigenvalue weighted by atomic mass is 19.1. The van der Waals surface area contributed by atoms with Crippen LogP contribution in [-0.2, 0) is 16.0 Å². The van der Waals surface area contributed by atoms with Crippen molar-refractivity contribution in [3.05, 3.63) is 53.7 Å². The number of nitrogens with two attached hydrogens (primary N) is 1. The lowest BCUT2D eigenvalue weighted by molar-refractivity contribution is -0.710. The van der Waals surface area contributed by atoms with E-state index in [0.29, 0.717) is 5.82 Å². The zero-order valence-electron chi connectivity index (χ0n) is 13.9. The maximum absolute atomic E-state index is 13.8. The molecule has 3 unspecified atom stereocenters. The Morgan fingerprint density at radius 3 is 2.65 bits per heavy atom. The Labute approximate surface area is 148 Å². The average molecular weight is 359 g/mol. The van der Waals surface area contributed by atoms with Gasteiger partial charge in [-0.3, -0.25) is 4.79 Å². The standard InChI is InChI=1S/C18H16F2N4O2/c1-9-14(21)18(26)24-13(8-10-4-3-7-23(9)17(10)24)16(25)22-15-11(19)5-2-6-12(15)20/h2-7,9,13-14H,8,21H2,1H3/p+1. The molecule has 6 nitrogen and oxygen atoms in total. The molecule has 0 aliphatic carbocycles. The molecule has 134 valence electrons. The van der Waals surface area contributed by atoms with Gasteiger partial charge in [0.1, 0.15) is 29.4 Å². The molecule has 1 aromatic heterocycles. The Hall–Kier alpha value is -2.87. The summed E-state index contributed by atoms with van der Waals surface area (Å²) in [6.07, 6.45) is 2.06. The largest absolute Gasteiger partial charge is 0.331 e. The number of benzene rings is 1. The molecule has 8 heteroatoms. The minimum absolute atomic E-state index is 0.250. The van der Waals surface area contributed by atoms with Crippen LogP contribution < -0.4 is 20.5 Å². The van der Waals surface area contributed by atoms with E-state index in [9.17, 15) is 18.4 Å². The smallest absolute Gasteiger partial charge is 0.317 e. The second kappa shape index (κ2) is 5.84. The van der Waals surface area contributed by atoms with Crippen LogP contribution in [0.25, 0.3) is 0 Å². The third kappa shape index (κ3) is 2.29. The average Bonchev–Trinajstić information content (AvgIpc) is 3.01. The van der Waals surface area contributed by atoms with E-state index in [-0.39, 0.29) is 18.4 Å². The maximum Gasteiger partial charge on any atom is 0.331 e. The zero-order valence-corrected chi connectivity index (χ0v) is 13.9. The Kier molecular flexibility index (Phi) is 3.73. The van der Waals surface area contributed by atoms with Gasteiger partial charge in [-0.05, 0) is 31.2 Å². The van der Waals surface area contributed by atoms with Crippen LogP contribution in [0.4, 0.5) is 20.3 Å². The lowest BCUT2D eigenvalue weighted by Crippen LogP contribution is -2.65. The summed E-state index contributed by atoms with van der Waals surface area (Å²) < 4.78 is 29.6. The number of anilines is 2. The first-order valence-corrected chi connectivity index (χ1v) is 8.26. The van der Waals surface area contributed by atoms with E-state index < -0.39 is 35.3 Å². The summed E-state index contributed by atoms with van der Waals surface area (Å²) in [5, 5.41) is 2.28. The predicted octanol–water partition coefficient (Wildman–Crippen LogP) is 1.05. The van der Waals surface area contributed by atoms with Crippen LogP contribution in [0.15, 0.2) is 36.5 Å². The fourth-order valence-electron chi connectivity index (χ4n) is 3.61. The molecule has 3 heterocycles. The second-order valence-electron chi connectivity index (χ2n) is 6.54. The number of carbonyl (C=O) groups excluding carboxylic acids is 2. The Balaban J connectivity index is 1.71. The molecule has 26 heavy (non-hydrogen) atoms. The molecular weight excluding hydrogens is 342 g/mol. The van der Waals surface area contributed by atoms with E-state index in [0.717, 1.165) is 17.7 Å². The summed E-state index contributed by atoms with van der Waals surface area (Å²) >= 11 is 0. The Morgan fingerprint density at radius 2 is 1.96 bits per heavy atom. The van der Waals surface area contributed by atoms with Gasteiger partial charge in [-0.2, -0.15) is 4.90 Å². The molecule has 2 amide bonds. The van der Waals surface area contributed by atoms with Crippen molar-refractivity contribution in [3.63, 3.8) is 0 Å². The van der Waals surface area contributed by atoms with Crippen molar-refractivity contribution in [2.45, 2.75) is 31.5 Å². The van der Waals surface area contributed by atoms with Crippen molar-refractivity contribution in [2.24, 2.45) is 5.73 Å². The number of hydrogen-bond donors (Lipinski definition) is 2. The number of rotatable bonds is 2. The Bertz CT molecular complexity index is 913. The molecule has 2 aliphatic heterocycles.